The van der Waals surface area contributed by atoms with Gasteiger partial charge in [-0.15, -0.1) is 12.4 Å². The average Bonchev–Trinajstić information content (AvgIpc) is 2.15. The molecule has 1 aromatic carbocycles. The van der Waals surface area contributed by atoms with Crippen LogP contribution in [0, 0.1) is 5.92 Å². The van der Waals surface area contributed by atoms with Crippen LogP contribution in [0.15, 0.2) is 22.7 Å². The van der Waals surface area contributed by atoms with Crippen LogP contribution >= 0.6 is 28.3 Å². The molecule has 1 rings (SSSR count). The van der Waals surface area contributed by atoms with Crippen LogP contribution in [-0.4, -0.2) is 6.61 Å². The molecule has 0 atom stereocenters. The first-order valence-corrected chi connectivity index (χ1v) is 5.54. The van der Waals surface area contributed by atoms with E-state index in [1.165, 1.54) is 0 Å². The first-order valence-electron chi connectivity index (χ1n) is 4.75. The van der Waals surface area contributed by atoms with Gasteiger partial charge in [0.2, 0.25) is 0 Å². The van der Waals surface area contributed by atoms with Crippen molar-refractivity contribution >= 4 is 28.3 Å². The summed E-state index contributed by atoms with van der Waals surface area (Å²) in [6, 6.07) is 5.92. The minimum atomic E-state index is 0. The largest absolute Gasteiger partial charge is 0.492 e. The molecule has 86 valence electrons. The van der Waals surface area contributed by atoms with Gasteiger partial charge >= 0.3 is 0 Å². The third kappa shape index (κ3) is 4.41. The molecule has 0 aromatic heterocycles. The van der Waals surface area contributed by atoms with Crippen LogP contribution in [0.25, 0.3) is 0 Å². The van der Waals surface area contributed by atoms with Crippen molar-refractivity contribution in [2.24, 2.45) is 11.7 Å². The highest BCUT2D eigenvalue weighted by Gasteiger charge is 2.07. The van der Waals surface area contributed by atoms with E-state index >= 15 is 0 Å². The van der Waals surface area contributed by atoms with Crippen LogP contribution in [0.5, 0.6) is 5.75 Å². The summed E-state index contributed by atoms with van der Waals surface area (Å²) in [7, 11) is 0. The molecule has 0 spiro atoms. The summed E-state index contributed by atoms with van der Waals surface area (Å²) >= 11 is 3.46. The summed E-state index contributed by atoms with van der Waals surface area (Å²) in [5.74, 6) is 1.40. The standard InChI is InChI=1S/C11H16BrNO.ClH/c1-8(2)7-14-11-9(6-13)4-3-5-10(11)12;/h3-5,8H,6-7,13H2,1-2H3;1H. The Hall–Kier alpha value is -0.250. The predicted octanol–water partition coefficient (Wildman–Crippen LogP) is 3.36. The van der Waals surface area contributed by atoms with Gasteiger partial charge in [-0.25, -0.2) is 0 Å². The molecule has 0 saturated heterocycles. The fourth-order valence-corrected chi connectivity index (χ4v) is 1.65. The fourth-order valence-electron chi connectivity index (χ4n) is 1.13. The van der Waals surface area contributed by atoms with Gasteiger partial charge in [0.1, 0.15) is 5.75 Å². The second-order valence-electron chi connectivity index (χ2n) is 3.64. The van der Waals surface area contributed by atoms with Crippen molar-refractivity contribution in [1.82, 2.24) is 0 Å². The lowest BCUT2D eigenvalue weighted by Crippen LogP contribution is -2.08. The normalized spacial score (nSPS) is 9.93. The lowest BCUT2D eigenvalue weighted by Gasteiger charge is -2.13. The monoisotopic (exact) mass is 293 g/mol. The predicted molar refractivity (Wildman–Crippen MR) is 69.6 cm³/mol. The van der Waals surface area contributed by atoms with E-state index in [0.29, 0.717) is 12.5 Å². The molecule has 0 radical (unpaired) electrons. The third-order valence-electron chi connectivity index (χ3n) is 1.83. The molecule has 0 aliphatic rings. The van der Waals surface area contributed by atoms with Crippen molar-refractivity contribution in [1.29, 1.82) is 0 Å². The second-order valence-corrected chi connectivity index (χ2v) is 4.49. The molecule has 0 fully saturated rings. The molecular formula is C11H17BrClNO. The van der Waals surface area contributed by atoms with Crippen molar-refractivity contribution < 1.29 is 4.74 Å². The van der Waals surface area contributed by atoms with E-state index in [4.69, 9.17) is 10.5 Å². The molecule has 4 heteroatoms. The minimum Gasteiger partial charge on any atom is -0.492 e. The van der Waals surface area contributed by atoms with Gasteiger partial charge < -0.3 is 10.5 Å². The fraction of sp³-hybridized carbons (Fsp3) is 0.455. The van der Waals surface area contributed by atoms with Gasteiger partial charge in [0.25, 0.3) is 0 Å². The van der Waals surface area contributed by atoms with Crippen molar-refractivity contribution in [3.63, 3.8) is 0 Å². The smallest absolute Gasteiger partial charge is 0.137 e. The van der Waals surface area contributed by atoms with Gasteiger partial charge in [0.15, 0.2) is 0 Å². The quantitative estimate of drug-likeness (QED) is 0.924. The molecule has 0 aliphatic carbocycles. The number of ether oxygens (including phenoxy) is 1. The molecule has 0 aliphatic heterocycles. The van der Waals surface area contributed by atoms with E-state index in [-0.39, 0.29) is 12.4 Å². The Morgan fingerprint density at radius 2 is 2.07 bits per heavy atom. The van der Waals surface area contributed by atoms with E-state index in [2.05, 4.69) is 29.8 Å². The highest BCUT2D eigenvalue weighted by atomic mass is 79.9. The summed E-state index contributed by atoms with van der Waals surface area (Å²) in [6.45, 7) is 5.47. The molecule has 0 unspecified atom stereocenters. The van der Waals surface area contributed by atoms with Crippen molar-refractivity contribution in [3.05, 3.63) is 28.2 Å². The molecule has 0 bridgehead atoms. The number of hydrogen-bond acceptors (Lipinski definition) is 2. The molecule has 15 heavy (non-hydrogen) atoms. The van der Waals surface area contributed by atoms with Crippen molar-refractivity contribution in [2.45, 2.75) is 20.4 Å². The van der Waals surface area contributed by atoms with E-state index in [0.717, 1.165) is 22.4 Å². The maximum absolute atomic E-state index is 5.69. The summed E-state index contributed by atoms with van der Waals surface area (Å²) < 4.78 is 6.67. The Labute approximate surface area is 106 Å². The average molecular weight is 295 g/mol. The number of para-hydroxylation sites is 1. The van der Waals surface area contributed by atoms with Crippen LogP contribution in [-0.2, 0) is 6.54 Å². The lowest BCUT2D eigenvalue weighted by atomic mass is 10.2. The topological polar surface area (TPSA) is 35.2 Å². The Balaban J connectivity index is 0.00000196. The highest BCUT2D eigenvalue weighted by Crippen LogP contribution is 2.29. The van der Waals surface area contributed by atoms with Gasteiger partial charge in [0.05, 0.1) is 11.1 Å². The lowest BCUT2D eigenvalue weighted by molar-refractivity contribution is 0.267. The van der Waals surface area contributed by atoms with E-state index < -0.39 is 0 Å². The van der Waals surface area contributed by atoms with E-state index in [1.807, 2.05) is 18.2 Å². The Morgan fingerprint density at radius 3 is 2.60 bits per heavy atom. The van der Waals surface area contributed by atoms with Crippen molar-refractivity contribution in [3.8, 4) is 5.75 Å². The first kappa shape index (κ1) is 14.8. The second kappa shape index (κ2) is 7.09. The van der Waals surface area contributed by atoms with Crippen LogP contribution < -0.4 is 10.5 Å². The van der Waals surface area contributed by atoms with Crippen molar-refractivity contribution in [2.75, 3.05) is 6.61 Å². The van der Waals surface area contributed by atoms with Crippen LogP contribution in [0.4, 0.5) is 0 Å². The van der Waals surface area contributed by atoms with Gasteiger partial charge in [-0.1, -0.05) is 26.0 Å². The Morgan fingerprint density at radius 1 is 1.40 bits per heavy atom. The maximum atomic E-state index is 5.69. The minimum absolute atomic E-state index is 0. The number of rotatable bonds is 4. The zero-order chi connectivity index (χ0) is 10.6. The van der Waals surface area contributed by atoms with Gasteiger partial charge in [-0.3, -0.25) is 0 Å². The maximum Gasteiger partial charge on any atom is 0.137 e. The van der Waals surface area contributed by atoms with E-state index in [9.17, 15) is 0 Å². The zero-order valence-corrected chi connectivity index (χ0v) is 11.4. The first-order chi connectivity index (χ1) is 6.65. The molecule has 1 aromatic rings. The number of halogens is 2. The Kier molecular flexibility index (Phi) is 6.98. The molecule has 0 saturated carbocycles. The number of nitrogens with two attached hydrogens (primary N) is 1. The highest BCUT2D eigenvalue weighted by molar-refractivity contribution is 9.10. The number of hydrogen-bond donors (Lipinski definition) is 1. The van der Waals surface area contributed by atoms with Crippen LogP contribution in [0.2, 0.25) is 0 Å². The van der Waals surface area contributed by atoms with Crippen LogP contribution in [0.3, 0.4) is 0 Å². The molecule has 2 N–H and O–H groups in total. The number of benzene rings is 1. The molecule has 2 nitrogen and oxygen atoms in total. The van der Waals surface area contributed by atoms with Crippen LogP contribution in [0.1, 0.15) is 19.4 Å². The zero-order valence-electron chi connectivity index (χ0n) is 9.00. The Bertz CT molecular complexity index is 305. The molecule has 0 heterocycles. The summed E-state index contributed by atoms with van der Waals surface area (Å²) in [6.07, 6.45) is 0. The molecular weight excluding hydrogens is 277 g/mol. The summed E-state index contributed by atoms with van der Waals surface area (Å²) in [5, 5.41) is 0. The van der Waals surface area contributed by atoms with Gasteiger partial charge in [0, 0.05) is 12.1 Å². The summed E-state index contributed by atoms with van der Waals surface area (Å²) in [4.78, 5) is 0. The SMILES string of the molecule is CC(C)COc1c(Br)cccc1CN.Cl. The van der Waals surface area contributed by atoms with Gasteiger partial charge in [-0.2, -0.15) is 0 Å². The summed E-state index contributed by atoms with van der Waals surface area (Å²) in [5.41, 5.74) is 6.67. The van der Waals surface area contributed by atoms with E-state index in [1.54, 1.807) is 0 Å². The van der Waals surface area contributed by atoms with Gasteiger partial charge in [-0.05, 0) is 27.9 Å². The third-order valence-corrected chi connectivity index (χ3v) is 2.45. The molecule has 0 amide bonds.